The van der Waals surface area contributed by atoms with E-state index in [0.717, 1.165) is 0 Å². The SMILES string of the molecule is CCOC(CN)CN1C(=O)CC(C)C1=O. The molecule has 2 N–H and O–H groups in total. The van der Waals surface area contributed by atoms with Gasteiger partial charge in [-0.2, -0.15) is 0 Å². The van der Waals surface area contributed by atoms with Crippen molar-refractivity contribution in [1.82, 2.24) is 4.90 Å². The number of imide groups is 1. The molecule has 2 amide bonds. The molecule has 0 radical (unpaired) electrons. The third kappa shape index (κ3) is 2.76. The monoisotopic (exact) mass is 214 g/mol. The van der Waals surface area contributed by atoms with Crippen molar-refractivity contribution < 1.29 is 14.3 Å². The van der Waals surface area contributed by atoms with Gasteiger partial charge in [-0.3, -0.25) is 14.5 Å². The van der Waals surface area contributed by atoms with Crippen LogP contribution in [0.1, 0.15) is 20.3 Å². The molecule has 0 saturated carbocycles. The van der Waals surface area contributed by atoms with Crippen molar-refractivity contribution >= 4 is 11.8 Å². The highest BCUT2D eigenvalue weighted by Gasteiger charge is 2.36. The molecule has 5 heteroatoms. The quantitative estimate of drug-likeness (QED) is 0.640. The van der Waals surface area contributed by atoms with E-state index in [0.29, 0.717) is 19.6 Å². The molecule has 1 fully saturated rings. The second-order valence-electron chi connectivity index (χ2n) is 3.76. The Hall–Kier alpha value is -0.940. The predicted octanol–water partition coefficient (Wildman–Crippen LogP) is -0.255. The van der Waals surface area contributed by atoms with Crippen LogP contribution in [0.4, 0.5) is 0 Å². The number of ether oxygens (including phenoxy) is 1. The van der Waals surface area contributed by atoms with E-state index in [1.54, 1.807) is 6.92 Å². The number of likely N-dealkylation sites (tertiary alicyclic amines) is 1. The van der Waals surface area contributed by atoms with E-state index >= 15 is 0 Å². The zero-order valence-electron chi connectivity index (χ0n) is 9.23. The molecular formula is C10H18N2O3. The van der Waals surface area contributed by atoms with Gasteiger partial charge in [0.2, 0.25) is 11.8 Å². The Labute approximate surface area is 89.6 Å². The molecule has 1 saturated heterocycles. The van der Waals surface area contributed by atoms with Crippen molar-refractivity contribution in [2.75, 3.05) is 19.7 Å². The van der Waals surface area contributed by atoms with Crippen LogP contribution in [-0.2, 0) is 14.3 Å². The third-order valence-corrected chi connectivity index (χ3v) is 2.52. The van der Waals surface area contributed by atoms with Gasteiger partial charge in [-0.25, -0.2) is 0 Å². The standard InChI is InChI=1S/C10H18N2O3/c1-3-15-8(5-11)6-12-9(13)4-7(2)10(12)14/h7-8H,3-6,11H2,1-2H3. The second kappa shape index (κ2) is 5.23. The largest absolute Gasteiger partial charge is 0.375 e. The normalized spacial score (nSPS) is 23.7. The molecule has 15 heavy (non-hydrogen) atoms. The van der Waals surface area contributed by atoms with Crippen molar-refractivity contribution in [2.24, 2.45) is 11.7 Å². The van der Waals surface area contributed by atoms with E-state index in [-0.39, 0.29) is 30.4 Å². The van der Waals surface area contributed by atoms with Crippen molar-refractivity contribution in [2.45, 2.75) is 26.4 Å². The molecular weight excluding hydrogens is 196 g/mol. The predicted molar refractivity (Wildman–Crippen MR) is 55.0 cm³/mol. The maximum absolute atomic E-state index is 11.6. The molecule has 0 aliphatic carbocycles. The number of hydrogen-bond acceptors (Lipinski definition) is 4. The first kappa shape index (κ1) is 12.1. The van der Waals surface area contributed by atoms with Gasteiger partial charge in [0.25, 0.3) is 0 Å². The van der Waals surface area contributed by atoms with Crippen LogP contribution in [0.25, 0.3) is 0 Å². The fourth-order valence-corrected chi connectivity index (χ4v) is 1.67. The summed E-state index contributed by atoms with van der Waals surface area (Å²) in [5, 5.41) is 0. The van der Waals surface area contributed by atoms with Gasteiger partial charge in [0.05, 0.1) is 12.6 Å². The summed E-state index contributed by atoms with van der Waals surface area (Å²) in [5.41, 5.74) is 5.49. The molecule has 1 aliphatic rings. The summed E-state index contributed by atoms with van der Waals surface area (Å²) in [7, 11) is 0. The van der Waals surface area contributed by atoms with E-state index in [9.17, 15) is 9.59 Å². The fourth-order valence-electron chi connectivity index (χ4n) is 1.67. The minimum atomic E-state index is -0.242. The van der Waals surface area contributed by atoms with Crippen LogP contribution in [0.3, 0.4) is 0 Å². The third-order valence-electron chi connectivity index (χ3n) is 2.52. The lowest BCUT2D eigenvalue weighted by molar-refractivity contribution is -0.141. The number of carbonyl (C=O) groups is 2. The van der Waals surface area contributed by atoms with Gasteiger partial charge in [0.1, 0.15) is 0 Å². The molecule has 0 aromatic heterocycles. The van der Waals surface area contributed by atoms with Gasteiger partial charge < -0.3 is 10.5 Å². The van der Waals surface area contributed by atoms with Crippen LogP contribution in [0, 0.1) is 5.92 Å². The Morgan fingerprint density at radius 2 is 2.27 bits per heavy atom. The van der Waals surface area contributed by atoms with Gasteiger partial charge in [0, 0.05) is 25.5 Å². The van der Waals surface area contributed by atoms with Gasteiger partial charge >= 0.3 is 0 Å². The number of nitrogens with two attached hydrogens (primary N) is 1. The molecule has 1 rings (SSSR count). The molecule has 2 unspecified atom stereocenters. The molecule has 0 aromatic carbocycles. The molecule has 0 spiro atoms. The van der Waals surface area contributed by atoms with Crippen LogP contribution in [0.15, 0.2) is 0 Å². The Bertz CT molecular complexity index is 255. The molecule has 0 aromatic rings. The number of carbonyl (C=O) groups excluding carboxylic acids is 2. The molecule has 0 bridgehead atoms. The fraction of sp³-hybridized carbons (Fsp3) is 0.800. The lowest BCUT2D eigenvalue weighted by atomic mass is 10.1. The lowest BCUT2D eigenvalue weighted by Gasteiger charge is -2.21. The number of rotatable bonds is 5. The highest BCUT2D eigenvalue weighted by molar-refractivity contribution is 6.03. The summed E-state index contributed by atoms with van der Waals surface area (Å²) in [5.74, 6) is -0.429. The molecule has 5 nitrogen and oxygen atoms in total. The topological polar surface area (TPSA) is 72.6 Å². The van der Waals surface area contributed by atoms with Gasteiger partial charge in [0.15, 0.2) is 0 Å². The Balaban J connectivity index is 2.56. The minimum absolute atomic E-state index is 0.113. The molecule has 1 aliphatic heterocycles. The van der Waals surface area contributed by atoms with Crippen molar-refractivity contribution in [3.8, 4) is 0 Å². The molecule has 86 valence electrons. The number of amides is 2. The van der Waals surface area contributed by atoms with E-state index in [1.165, 1.54) is 4.90 Å². The van der Waals surface area contributed by atoms with E-state index < -0.39 is 0 Å². The highest BCUT2D eigenvalue weighted by atomic mass is 16.5. The highest BCUT2D eigenvalue weighted by Crippen LogP contribution is 2.19. The minimum Gasteiger partial charge on any atom is -0.375 e. The Kier molecular flexibility index (Phi) is 4.23. The summed E-state index contributed by atoms with van der Waals surface area (Å²) in [6.45, 7) is 4.76. The average Bonchev–Trinajstić information content (AvgIpc) is 2.44. The summed E-state index contributed by atoms with van der Waals surface area (Å²) < 4.78 is 5.31. The zero-order valence-corrected chi connectivity index (χ0v) is 9.23. The maximum Gasteiger partial charge on any atom is 0.232 e. The molecule has 1 heterocycles. The van der Waals surface area contributed by atoms with Crippen molar-refractivity contribution in [3.63, 3.8) is 0 Å². The van der Waals surface area contributed by atoms with E-state index in [4.69, 9.17) is 10.5 Å². The summed E-state index contributed by atoms with van der Waals surface area (Å²) in [6.07, 6.45) is 0.0654. The average molecular weight is 214 g/mol. The van der Waals surface area contributed by atoms with Crippen LogP contribution in [0.5, 0.6) is 0 Å². The van der Waals surface area contributed by atoms with E-state index in [2.05, 4.69) is 0 Å². The first-order chi connectivity index (χ1) is 7.10. The van der Waals surface area contributed by atoms with Crippen LogP contribution >= 0.6 is 0 Å². The second-order valence-corrected chi connectivity index (χ2v) is 3.76. The van der Waals surface area contributed by atoms with Crippen molar-refractivity contribution in [1.29, 1.82) is 0 Å². The Morgan fingerprint density at radius 1 is 1.60 bits per heavy atom. The zero-order chi connectivity index (χ0) is 11.4. The van der Waals surface area contributed by atoms with Crippen LogP contribution in [0.2, 0.25) is 0 Å². The van der Waals surface area contributed by atoms with E-state index in [1.807, 2.05) is 6.92 Å². The summed E-state index contributed by atoms with van der Waals surface area (Å²) in [6, 6.07) is 0. The van der Waals surface area contributed by atoms with Gasteiger partial charge in [-0.1, -0.05) is 6.92 Å². The Morgan fingerprint density at radius 3 is 2.67 bits per heavy atom. The number of nitrogens with zero attached hydrogens (tertiary/aromatic N) is 1. The summed E-state index contributed by atoms with van der Waals surface area (Å²) in [4.78, 5) is 24.3. The first-order valence-corrected chi connectivity index (χ1v) is 5.26. The van der Waals surface area contributed by atoms with Gasteiger partial charge in [-0.15, -0.1) is 0 Å². The first-order valence-electron chi connectivity index (χ1n) is 5.26. The maximum atomic E-state index is 11.6. The van der Waals surface area contributed by atoms with Crippen LogP contribution in [-0.4, -0.2) is 42.5 Å². The summed E-state index contributed by atoms with van der Waals surface area (Å²) >= 11 is 0. The smallest absolute Gasteiger partial charge is 0.232 e. The van der Waals surface area contributed by atoms with Crippen molar-refractivity contribution in [3.05, 3.63) is 0 Å². The molecule has 2 atom stereocenters. The number of hydrogen-bond donors (Lipinski definition) is 1. The lowest BCUT2D eigenvalue weighted by Crippen LogP contribution is -2.41. The van der Waals surface area contributed by atoms with Gasteiger partial charge in [-0.05, 0) is 6.92 Å². The van der Waals surface area contributed by atoms with Crippen LogP contribution < -0.4 is 5.73 Å².